The Bertz CT molecular complexity index is 948. The van der Waals surface area contributed by atoms with Crippen molar-refractivity contribution in [2.45, 2.75) is 20.5 Å². The summed E-state index contributed by atoms with van der Waals surface area (Å²) < 4.78 is 5.74. The Morgan fingerprint density at radius 1 is 0.933 bits per heavy atom. The predicted octanol–water partition coefficient (Wildman–Crippen LogP) is 4.88. The van der Waals surface area contributed by atoms with Gasteiger partial charge in [-0.1, -0.05) is 42.5 Å². The molecule has 30 heavy (non-hydrogen) atoms. The van der Waals surface area contributed by atoms with Gasteiger partial charge in [-0.05, 0) is 61.4 Å². The third-order valence-corrected chi connectivity index (χ3v) is 4.77. The van der Waals surface area contributed by atoms with Crippen molar-refractivity contribution in [2.24, 2.45) is 5.10 Å². The summed E-state index contributed by atoms with van der Waals surface area (Å²) in [5, 5.41) is 4.06. The fourth-order valence-corrected chi connectivity index (χ4v) is 3.03. The first-order valence-corrected chi connectivity index (χ1v) is 10.1. The summed E-state index contributed by atoms with van der Waals surface area (Å²) >= 11 is 0. The standard InChI is InChI=1S/C25H27N3O2/c1-3-28(4-2)23-14-10-20(11-15-23)18-26-27-25(29)22-12-16-24(17-13-22)30-19-21-8-6-5-7-9-21/h5-18H,3-4,19H2,1-2H3,(H,27,29). The van der Waals surface area contributed by atoms with E-state index in [1.54, 1.807) is 30.5 Å². The van der Waals surface area contributed by atoms with Crippen LogP contribution in [0.1, 0.15) is 35.3 Å². The Morgan fingerprint density at radius 2 is 1.60 bits per heavy atom. The first kappa shape index (κ1) is 21.1. The van der Waals surface area contributed by atoms with E-state index in [0.717, 1.165) is 24.2 Å². The number of benzene rings is 3. The molecule has 0 saturated heterocycles. The number of hydrogen-bond acceptors (Lipinski definition) is 4. The normalized spacial score (nSPS) is 10.7. The fraction of sp³-hybridized carbons (Fsp3) is 0.200. The van der Waals surface area contributed by atoms with Gasteiger partial charge >= 0.3 is 0 Å². The van der Waals surface area contributed by atoms with E-state index >= 15 is 0 Å². The highest BCUT2D eigenvalue weighted by atomic mass is 16.5. The zero-order valence-corrected chi connectivity index (χ0v) is 17.4. The maximum Gasteiger partial charge on any atom is 0.271 e. The van der Waals surface area contributed by atoms with E-state index in [1.165, 1.54) is 5.69 Å². The van der Waals surface area contributed by atoms with Gasteiger partial charge in [0.25, 0.3) is 5.91 Å². The molecule has 0 fully saturated rings. The molecule has 154 valence electrons. The van der Waals surface area contributed by atoms with Crippen LogP contribution in [-0.2, 0) is 6.61 Å². The third kappa shape index (κ3) is 5.95. The minimum atomic E-state index is -0.263. The number of nitrogens with zero attached hydrogens (tertiary/aromatic N) is 2. The van der Waals surface area contributed by atoms with Crippen LogP contribution in [0.5, 0.6) is 5.75 Å². The summed E-state index contributed by atoms with van der Waals surface area (Å²) in [5.41, 5.74) is 6.29. The monoisotopic (exact) mass is 401 g/mol. The maximum atomic E-state index is 12.3. The lowest BCUT2D eigenvalue weighted by molar-refractivity contribution is 0.0955. The SMILES string of the molecule is CCN(CC)c1ccc(C=NNC(=O)c2ccc(OCc3ccccc3)cc2)cc1. The molecular formula is C25H27N3O2. The quantitative estimate of drug-likeness (QED) is 0.411. The molecule has 1 N–H and O–H groups in total. The lowest BCUT2D eigenvalue weighted by Gasteiger charge is -2.20. The summed E-state index contributed by atoms with van der Waals surface area (Å²) in [6, 6.07) is 25.1. The Hall–Kier alpha value is -3.60. The van der Waals surface area contributed by atoms with Crippen molar-refractivity contribution in [3.05, 3.63) is 95.6 Å². The van der Waals surface area contributed by atoms with E-state index in [1.807, 2.05) is 42.5 Å². The summed E-state index contributed by atoms with van der Waals surface area (Å²) in [7, 11) is 0. The third-order valence-electron chi connectivity index (χ3n) is 4.77. The number of amides is 1. The van der Waals surface area contributed by atoms with Crippen LogP contribution in [0, 0.1) is 0 Å². The molecule has 3 aromatic rings. The first-order chi connectivity index (χ1) is 14.7. The van der Waals surface area contributed by atoms with Gasteiger partial charge in [0, 0.05) is 24.3 Å². The predicted molar refractivity (Wildman–Crippen MR) is 122 cm³/mol. The molecule has 0 bridgehead atoms. The lowest BCUT2D eigenvalue weighted by Crippen LogP contribution is -2.21. The van der Waals surface area contributed by atoms with Crippen LogP contribution in [0.2, 0.25) is 0 Å². The number of hydrogen-bond donors (Lipinski definition) is 1. The van der Waals surface area contributed by atoms with Crippen LogP contribution in [0.3, 0.4) is 0 Å². The molecular weight excluding hydrogens is 374 g/mol. The number of rotatable bonds is 9. The number of anilines is 1. The minimum Gasteiger partial charge on any atom is -0.489 e. The molecule has 5 nitrogen and oxygen atoms in total. The van der Waals surface area contributed by atoms with Crippen molar-refractivity contribution in [1.82, 2.24) is 5.43 Å². The molecule has 0 radical (unpaired) electrons. The van der Waals surface area contributed by atoms with Crippen LogP contribution in [-0.4, -0.2) is 25.2 Å². The van der Waals surface area contributed by atoms with Crippen molar-refractivity contribution < 1.29 is 9.53 Å². The highest BCUT2D eigenvalue weighted by molar-refractivity contribution is 5.95. The molecule has 3 rings (SSSR count). The minimum absolute atomic E-state index is 0.263. The van der Waals surface area contributed by atoms with E-state index in [0.29, 0.717) is 17.9 Å². The van der Waals surface area contributed by atoms with E-state index in [4.69, 9.17) is 4.74 Å². The largest absolute Gasteiger partial charge is 0.489 e. The number of carbonyl (C=O) groups excluding carboxylic acids is 1. The summed E-state index contributed by atoms with van der Waals surface area (Å²) in [5.74, 6) is 0.452. The average molecular weight is 402 g/mol. The van der Waals surface area contributed by atoms with Crippen molar-refractivity contribution >= 4 is 17.8 Å². The molecule has 0 aliphatic heterocycles. The zero-order chi connectivity index (χ0) is 21.2. The molecule has 0 saturated carbocycles. The Balaban J connectivity index is 1.50. The van der Waals surface area contributed by atoms with Gasteiger partial charge in [0.15, 0.2) is 0 Å². The molecule has 5 heteroatoms. The smallest absolute Gasteiger partial charge is 0.271 e. The second-order valence-corrected chi connectivity index (χ2v) is 6.76. The van der Waals surface area contributed by atoms with Crippen LogP contribution in [0.25, 0.3) is 0 Å². The summed E-state index contributed by atoms with van der Waals surface area (Å²) in [6.45, 7) is 6.70. The molecule has 0 unspecified atom stereocenters. The van der Waals surface area contributed by atoms with Crippen LogP contribution < -0.4 is 15.1 Å². The van der Waals surface area contributed by atoms with Crippen molar-refractivity contribution in [1.29, 1.82) is 0 Å². The van der Waals surface area contributed by atoms with E-state index in [2.05, 4.69) is 41.4 Å². The molecule has 0 aromatic heterocycles. The Labute approximate surface area is 178 Å². The zero-order valence-electron chi connectivity index (χ0n) is 17.4. The highest BCUT2D eigenvalue weighted by Crippen LogP contribution is 2.15. The van der Waals surface area contributed by atoms with Gasteiger partial charge in [-0.15, -0.1) is 0 Å². The second-order valence-electron chi connectivity index (χ2n) is 6.76. The van der Waals surface area contributed by atoms with Gasteiger partial charge in [0.1, 0.15) is 12.4 Å². The van der Waals surface area contributed by atoms with Gasteiger partial charge in [-0.25, -0.2) is 5.43 Å². The van der Waals surface area contributed by atoms with E-state index in [-0.39, 0.29) is 5.91 Å². The lowest BCUT2D eigenvalue weighted by atomic mass is 10.2. The first-order valence-electron chi connectivity index (χ1n) is 10.1. The van der Waals surface area contributed by atoms with Gasteiger partial charge in [-0.2, -0.15) is 5.10 Å². The van der Waals surface area contributed by atoms with E-state index in [9.17, 15) is 4.79 Å². The average Bonchev–Trinajstić information content (AvgIpc) is 2.80. The van der Waals surface area contributed by atoms with Gasteiger partial charge in [0.2, 0.25) is 0 Å². The molecule has 1 amide bonds. The maximum absolute atomic E-state index is 12.3. The summed E-state index contributed by atoms with van der Waals surface area (Å²) in [4.78, 5) is 14.5. The second kappa shape index (κ2) is 10.8. The van der Waals surface area contributed by atoms with Gasteiger partial charge in [0.05, 0.1) is 6.21 Å². The topological polar surface area (TPSA) is 53.9 Å². The number of hydrazone groups is 1. The molecule has 3 aromatic carbocycles. The van der Waals surface area contributed by atoms with Crippen molar-refractivity contribution in [3.8, 4) is 5.75 Å². The van der Waals surface area contributed by atoms with Gasteiger partial charge < -0.3 is 9.64 Å². The van der Waals surface area contributed by atoms with Crippen LogP contribution >= 0.6 is 0 Å². The Kier molecular flexibility index (Phi) is 7.61. The fourth-order valence-electron chi connectivity index (χ4n) is 3.03. The van der Waals surface area contributed by atoms with Crippen molar-refractivity contribution in [2.75, 3.05) is 18.0 Å². The Morgan fingerprint density at radius 3 is 2.23 bits per heavy atom. The van der Waals surface area contributed by atoms with Crippen molar-refractivity contribution in [3.63, 3.8) is 0 Å². The molecule has 0 heterocycles. The number of nitrogens with one attached hydrogen (secondary N) is 1. The van der Waals surface area contributed by atoms with Crippen LogP contribution in [0.4, 0.5) is 5.69 Å². The molecule has 0 aliphatic rings. The number of ether oxygens (including phenoxy) is 1. The molecule has 0 spiro atoms. The highest BCUT2D eigenvalue weighted by Gasteiger charge is 2.05. The molecule has 0 atom stereocenters. The van der Waals surface area contributed by atoms with E-state index < -0.39 is 0 Å². The van der Waals surface area contributed by atoms with Gasteiger partial charge in [-0.3, -0.25) is 4.79 Å². The summed E-state index contributed by atoms with van der Waals surface area (Å²) in [6.07, 6.45) is 1.64. The number of carbonyl (C=O) groups is 1. The van der Waals surface area contributed by atoms with Crippen LogP contribution in [0.15, 0.2) is 84.0 Å². The molecule has 0 aliphatic carbocycles.